The molecule has 1 atom stereocenters. The molecular formula is C16H21N3O2S. The molecule has 0 bridgehead atoms. The summed E-state index contributed by atoms with van der Waals surface area (Å²) >= 11 is 1.29. The summed E-state index contributed by atoms with van der Waals surface area (Å²) < 4.78 is 0. The number of thiazole rings is 1. The number of benzene rings is 1. The van der Waals surface area contributed by atoms with E-state index in [-0.39, 0.29) is 5.91 Å². The van der Waals surface area contributed by atoms with Gasteiger partial charge in [-0.25, -0.2) is 4.98 Å². The van der Waals surface area contributed by atoms with Crippen LogP contribution in [0.15, 0.2) is 29.6 Å². The minimum absolute atomic E-state index is 0.196. The van der Waals surface area contributed by atoms with Crippen LogP contribution < -0.4 is 10.2 Å². The molecule has 0 saturated carbocycles. The maximum atomic E-state index is 11.9. The second-order valence-corrected chi connectivity index (χ2v) is 6.11. The highest BCUT2D eigenvalue weighted by Gasteiger charge is 2.18. The zero-order valence-electron chi connectivity index (χ0n) is 13.0. The molecule has 22 heavy (non-hydrogen) atoms. The zero-order chi connectivity index (χ0) is 16.1. The van der Waals surface area contributed by atoms with E-state index in [2.05, 4.69) is 10.3 Å². The number of anilines is 1. The number of amides is 1. The second kappa shape index (κ2) is 7.38. The van der Waals surface area contributed by atoms with Crippen LogP contribution in [0.3, 0.4) is 0 Å². The molecule has 6 heteroatoms. The summed E-state index contributed by atoms with van der Waals surface area (Å²) in [5.41, 5.74) is 2.13. The Hall–Kier alpha value is -1.92. The van der Waals surface area contributed by atoms with Crippen LogP contribution in [-0.4, -0.2) is 36.6 Å². The molecule has 1 aromatic heterocycles. The van der Waals surface area contributed by atoms with E-state index in [9.17, 15) is 9.90 Å². The Morgan fingerprint density at radius 2 is 2.23 bits per heavy atom. The third kappa shape index (κ3) is 3.84. The van der Waals surface area contributed by atoms with Crippen LogP contribution in [0, 0.1) is 0 Å². The molecule has 0 aliphatic carbocycles. The van der Waals surface area contributed by atoms with Crippen LogP contribution in [-0.2, 0) is 0 Å². The average Bonchev–Trinajstić information content (AvgIpc) is 3.02. The molecule has 2 aromatic rings. The van der Waals surface area contributed by atoms with Crippen LogP contribution in [0.2, 0.25) is 0 Å². The van der Waals surface area contributed by atoms with Gasteiger partial charge in [-0.3, -0.25) is 4.79 Å². The first-order valence-electron chi connectivity index (χ1n) is 7.22. The van der Waals surface area contributed by atoms with E-state index in [1.807, 2.05) is 50.2 Å². The van der Waals surface area contributed by atoms with Gasteiger partial charge in [0.15, 0.2) is 0 Å². The lowest BCUT2D eigenvalue weighted by Gasteiger charge is -2.15. The summed E-state index contributed by atoms with van der Waals surface area (Å²) in [5, 5.41) is 15.5. The minimum atomic E-state index is -0.822. The fourth-order valence-corrected chi connectivity index (χ4v) is 2.77. The van der Waals surface area contributed by atoms with Gasteiger partial charge in [0, 0.05) is 31.7 Å². The average molecular weight is 319 g/mol. The number of hydrogen-bond donors (Lipinski definition) is 2. The molecule has 0 spiro atoms. The monoisotopic (exact) mass is 319 g/mol. The number of aromatic nitrogens is 1. The molecule has 0 fully saturated rings. The molecule has 2 N–H and O–H groups in total. The predicted molar refractivity (Wildman–Crippen MR) is 89.6 cm³/mol. The molecule has 1 unspecified atom stereocenters. The number of carbonyl (C=O) groups excluding carboxylic acids is 1. The van der Waals surface area contributed by atoms with Crippen molar-refractivity contribution in [2.75, 3.05) is 25.5 Å². The molecule has 2 rings (SSSR count). The molecule has 1 amide bonds. The summed E-state index contributed by atoms with van der Waals surface area (Å²) in [5.74, 6) is -0.196. The number of rotatable bonds is 6. The van der Waals surface area contributed by atoms with Crippen molar-refractivity contribution in [1.29, 1.82) is 0 Å². The highest BCUT2D eigenvalue weighted by molar-refractivity contribution is 7.09. The predicted octanol–water partition coefficient (Wildman–Crippen LogP) is 2.43. The van der Waals surface area contributed by atoms with Crippen molar-refractivity contribution in [3.8, 4) is 0 Å². The Morgan fingerprint density at radius 1 is 1.45 bits per heavy atom. The molecule has 0 radical (unpaired) electrons. The fraction of sp³-hybridized carbons (Fsp3) is 0.375. The Balaban J connectivity index is 2.16. The van der Waals surface area contributed by atoms with Gasteiger partial charge in [-0.2, -0.15) is 0 Å². The number of aliphatic hydroxyl groups excluding tert-OH is 1. The molecule has 1 aromatic carbocycles. The van der Waals surface area contributed by atoms with Gasteiger partial charge in [0.25, 0.3) is 5.91 Å². The maximum absolute atomic E-state index is 11.9. The highest BCUT2D eigenvalue weighted by Crippen LogP contribution is 2.27. The zero-order valence-corrected chi connectivity index (χ0v) is 13.9. The quantitative estimate of drug-likeness (QED) is 0.858. The number of nitrogens with one attached hydrogen (secondary N) is 1. The van der Waals surface area contributed by atoms with Crippen molar-refractivity contribution in [2.24, 2.45) is 0 Å². The van der Waals surface area contributed by atoms with Gasteiger partial charge in [0.1, 0.15) is 16.8 Å². The first-order chi connectivity index (χ1) is 10.5. The molecular weight excluding hydrogens is 298 g/mol. The molecule has 118 valence electrons. The number of hydrogen-bond acceptors (Lipinski definition) is 5. The summed E-state index contributed by atoms with van der Waals surface area (Å²) in [6, 6.07) is 7.65. The molecule has 0 saturated heterocycles. The molecule has 0 aliphatic rings. The van der Waals surface area contributed by atoms with Crippen molar-refractivity contribution in [1.82, 2.24) is 10.3 Å². The molecule has 5 nitrogen and oxygen atoms in total. The highest BCUT2D eigenvalue weighted by atomic mass is 32.1. The minimum Gasteiger partial charge on any atom is -0.381 e. The first kappa shape index (κ1) is 16.5. The van der Waals surface area contributed by atoms with Crippen LogP contribution in [0.4, 0.5) is 5.69 Å². The maximum Gasteiger partial charge on any atom is 0.270 e. The van der Waals surface area contributed by atoms with Crippen molar-refractivity contribution in [2.45, 2.75) is 19.4 Å². The van der Waals surface area contributed by atoms with Crippen LogP contribution in [0.1, 0.15) is 40.5 Å². The number of carbonyl (C=O) groups is 1. The second-order valence-electron chi connectivity index (χ2n) is 5.22. The van der Waals surface area contributed by atoms with Gasteiger partial charge >= 0.3 is 0 Å². The summed E-state index contributed by atoms with van der Waals surface area (Å²) in [6.07, 6.45) is 0.0560. The summed E-state index contributed by atoms with van der Waals surface area (Å²) in [7, 11) is 3.90. The largest absolute Gasteiger partial charge is 0.381 e. The lowest BCUT2D eigenvalue weighted by Crippen LogP contribution is -2.24. The van der Waals surface area contributed by atoms with E-state index in [0.29, 0.717) is 17.2 Å². The Labute approximate surface area is 134 Å². The summed E-state index contributed by atoms with van der Waals surface area (Å²) in [6.45, 7) is 2.62. The van der Waals surface area contributed by atoms with Gasteiger partial charge in [-0.15, -0.1) is 11.3 Å². The Kier molecular flexibility index (Phi) is 5.51. The van der Waals surface area contributed by atoms with E-state index >= 15 is 0 Å². The number of aliphatic hydroxyl groups is 1. The van der Waals surface area contributed by atoms with Crippen molar-refractivity contribution >= 4 is 22.9 Å². The van der Waals surface area contributed by atoms with Gasteiger partial charge < -0.3 is 15.3 Å². The fourth-order valence-electron chi connectivity index (χ4n) is 1.96. The third-order valence-electron chi connectivity index (χ3n) is 3.23. The Bertz CT molecular complexity index is 640. The lowest BCUT2D eigenvalue weighted by molar-refractivity contribution is 0.0949. The van der Waals surface area contributed by atoms with Crippen LogP contribution in [0.5, 0.6) is 0 Å². The third-order valence-corrected chi connectivity index (χ3v) is 4.12. The van der Waals surface area contributed by atoms with E-state index in [1.54, 1.807) is 5.38 Å². The topological polar surface area (TPSA) is 65.5 Å². The SMILES string of the molecule is CCCNC(=O)c1csc(C(O)c2cccc(N(C)C)c2)n1. The van der Waals surface area contributed by atoms with Gasteiger partial charge in [-0.05, 0) is 24.1 Å². The molecule has 1 heterocycles. The van der Waals surface area contributed by atoms with Gasteiger partial charge in [-0.1, -0.05) is 19.1 Å². The van der Waals surface area contributed by atoms with E-state index in [0.717, 1.165) is 17.7 Å². The van der Waals surface area contributed by atoms with Crippen molar-refractivity contribution in [3.05, 3.63) is 45.9 Å². The van der Waals surface area contributed by atoms with Crippen molar-refractivity contribution < 1.29 is 9.90 Å². The number of nitrogens with zero attached hydrogens (tertiary/aromatic N) is 2. The lowest BCUT2D eigenvalue weighted by atomic mass is 10.1. The van der Waals surface area contributed by atoms with E-state index in [1.165, 1.54) is 11.3 Å². The smallest absolute Gasteiger partial charge is 0.270 e. The standard InChI is InChI=1S/C16H21N3O2S/c1-4-8-17-15(21)13-10-22-16(18-13)14(20)11-6-5-7-12(9-11)19(2)3/h5-7,9-10,14,20H,4,8H2,1-3H3,(H,17,21). The van der Waals surface area contributed by atoms with E-state index < -0.39 is 6.10 Å². The molecule has 0 aliphatic heterocycles. The van der Waals surface area contributed by atoms with E-state index in [4.69, 9.17) is 0 Å². The van der Waals surface area contributed by atoms with Crippen LogP contribution in [0.25, 0.3) is 0 Å². The van der Waals surface area contributed by atoms with Gasteiger partial charge in [0.2, 0.25) is 0 Å². The Morgan fingerprint density at radius 3 is 2.91 bits per heavy atom. The van der Waals surface area contributed by atoms with Gasteiger partial charge in [0.05, 0.1) is 0 Å². The first-order valence-corrected chi connectivity index (χ1v) is 8.10. The summed E-state index contributed by atoms with van der Waals surface area (Å²) in [4.78, 5) is 18.1. The van der Waals surface area contributed by atoms with Crippen LogP contribution >= 0.6 is 11.3 Å². The van der Waals surface area contributed by atoms with Crippen molar-refractivity contribution in [3.63, 3.8) is 0 Å². The normalized spacial score (nSPS) is 12.0.